The maximum absolute atomic E-state index is 12.6. The van der Waals surface area contributed by atoms with Crippen LogP contribution in [0, 0.1) is 12.3 Å². The Balaban J connectivity index is 2.24. The Morgan fingerprint density at radius 2 is 1.95 bits per heavy atom. The van der Waals surface area contributed by atoms with Gasteiger partial charge in [0.05, 0.1) is 22.6 Å². The van der Waals surface area contributed by atoms with E-state index < -0.39 is 5.41 Å². The van der Waals surface area contributed by atoms with E-state index in [-0.39, 0.29) is 11.5 Å². The van der Waals surface area contributed by atoms with Crippen LogP contribution in [0.4, 0.5) is 0 Å². The number of nitrogens with zero attached hydrogens (tertiary/aromatic N) is 3. The van der Waals surface area contributed by atoms with Crippen molar-refractivity contribution >= 4 is 11.5 Å². The summed E-state index contributed by atoms with van der Waals surface area (Å²) in [5.74, 6) is -0.233. The van der Waals surface area contributed by atoms with E-state index in [1.54, 1.807) is 0 Å². The molecule has 0 aliphatic heterocycles. The highest BCUT2D eigenvalue weighted by molar-refractivity contribution is 6.48. The molecule has 108 valence electrons. The second-order valence-electron chi connectivity index (χ2n) is 5.99. The number of aromatic nitrogens is 2. The molecule has 5 heteroatoms. The molecule has 0 bridgehead atoms. The van der Waals surface area contributed by atoms with Crippen LogP contribution in [-0.2, 0) is 6.42 Å². The lowest BCUT2D eigenvalue weighted by Gasteiger charge is -2.29. The molecule has 3 rings (SSSR count). The average Bonchev–Trinajstić information content (AvgIpc) is 2.76. The van der Waals surface area contributed by atoms with Crippen LogP contribution < -0.4 is 0 Å². The van der Waals surface area contributed by atoms with Gasteiger partial charge < -0.3 is 5.21 Å². The average molecular weight is 283 g/mol. The number of fused-ring (bicyclic) bond motifs is 1. The van der Waals surface area contributed by atoms with Crippen LogP contribution in [-0.4, -0.2) is 26.5 Å². The first-order valence-corrected chi connectivity index (χ1v) is 6.87. The fourth-order valence-corrected chi connectivity index (χ4v) is 2.93. The summed E-state index contributed by atoms with van der Waals surface area (Å²) in [4.78, 5) is 12.6. The summed E-state index contributed by atoms with van der Waals surface area (Å²) in [6.45, 7) is 5.62. The zero-order valence-corrected chi connectivity index (χ0v) is 12.3. The van der Waals surface area contributed by atoms with Gasteiger partial charge in [-0.3, -0.25) is 4.79 Å². The van der Waals surface area contributed by atoms with Crippen LogP contribution in [0.15, 0.2) is 35.5 Å². The van der Waals surface area contributed by atoms with E-state index in [1.807, 2.05) is 55.8 Å². The fourth-order valence-electron chi connectivity index (χ4n) is 2.93. The number of rotatable bonds is 1. The summed E-state index contributed by atoms with van der Waals surface area (Å²) in [5, 5.41) is 16.9. The zero-order chi connectivity index (χ0) is 15.2. The number of oxime groups is 1. The van der Waals surface area contributed by atoms with E-state index in [4.69, 9.17) is 0 Å². The van der Waals surface area contributed by atoms with Gasteiger partial charge in [0.1, 0.15) is 5.71 Å². The molecule has 0 radical (unpaired) electrons. The number of carbonyl (C=O) groups excluding carboxylic acids is 1. The Morgan fingerprint density at radius 3 is 2.57 bits per heavy atom. The lowest BCUT2D eigenvalue weighted by atomic mass is 9.74. The molecule has 1 aromatic heterocycles. The molecule has 2 aromatic rings. The number of benzene rings is 1. The Kier molecular flexibility index (Phi) is 2.93. The topological polar surface area (TPSA) is 67.5 Å². The maximum Gasteiger partial charge on any atom is 0.214 e. The molecule has 0 amide bonds. The fraction of sp³-hybridized carbons (Fsp3) is 0.312. The van der Waals surface area contributed by atoms with Crippen molar-refractivity contribution in [3.8, 4) is 5.69 Å². The van der Waals surface area contributed by atoms with Gasteiger partial charge >= 0.3 is 0 Å². The van der Waals surface area contributed by atoms with Gasteiger partial charge in [-0.2, -0.15) is 5.10 Å². The molecule has 1 aliphatic rings. The molecule has 0 saturated carbocycles. The Bertz CT molecular complexity index is 742. The summed E-state index contributed by atoms with van der Waals surface area (Å²) < 4.78 is 1.82. The van der Waals surface area contributed by atoms with Crippen LogP contribution in [0.2, 0.25) is 0 Å². The van der Waals surface area contributed by atoms with Crippen molar-refractivity contribution < 1.29 is 10.0 Å². The summed E-state index contributed by atoms with van der Waals surface area (Å²) in [6.07, 6.45) is 0.600. The predicted octanol–water partition coefficient (Wildman–Crippen LogP) is 2.78. The first kappa shape index (κ1) is 13.5. The van der Waals surface area contributed by atoms with E-state index in [0.29, 0.717) is 17.7 Å². The molecule has 0 unspecified atom stereocenters. The second-order valence-corrected chi connectivity index (χ2v) is 5.99. The minimum atomic E-state index is -0.516. The molecule has 0 spiro atoms. The summed E-state index contributed by atoms with van der Waals surface area (Å²) in [6, 6.07) is 9.74. The van der Waals surface area contributed by atoms with Gasteiger partial charge in [0.25, 0.3) is 0 Å². The first-order chi connectivity index (χ1) is 9.95. The summed E-state index contributed by atoms with van der Waals surface area (Å²) >= 11 is 0. The van der Waals surface area contributed by atoms with Crippen molar-refractivity contribution in [3.05, 3.63) is 47.3 Å². The minimum Gasteiger partial charge on any atom is -0.411 e. The van der Waals surface area contributed by atoms with Crippen molar-refractivity contribution in [2.45, 2.75) is 27.2 Å². The normalized spacial score (nSPS) is 18.8. The Labute approximate surface area is 122 Å². The van der Waals surface area contributed by atoms with Gasteiger partial charge in [0, 0.05) is 11.8 Å². The Hall–Kier alpha value is -2.43. The van der Waals surface area contributed by atoms with E-state index in [1.165, 1.54) is 0 Å². The molecule has 0 saturated heterocycles. The van der Waals surface area contributed by atoms with E-state index in [0.717, 1.165) is 11.4 Å². The number of hydrogen-bond donors (Lipinski definition) is 1. The van der Waals surface area contributed by atoms with E-state index in [9.17, 15) is 10.0 Å². The lowest BCUT2D eigenvalue weighted by molar-refractivity contribution is 0.104. The van der Waals surface area contributed by atoms with Crippen molar-refractivity contribution in [1.82, 2.24) is 9.78 Å². The number of para-hydroxylation sites is 1. The molecule has 1 N–H and O–H groups in total. The maximum atomic E-state index is 12.6. The van der Waals surface area contributed by atoms with Gasteiger partial charge in [-0.25, -0.2) is 4.68 Å². The number of ketones is 1. The van der Waals surface area contributed by atoms with Crippen molar-refractivity contribution in [1.29, 1.82) is 0 Å². The largest absolute Gasteiger partial charge is 0.411 e. The highest BCUT2D eigenvalue weighted by atomic mass is 16.4. The highest BCUT2D eigenvalue weighted by Gasteiger charge is 2.42. The zero-order valence-electron chi connectivity index (χ0n) is 12.3. The van der Waals surface area contributed by atoms with Crippen molar-refractivity contribution in [3.63, 3.8) is 0 Å². The molecule has 0 fully saturated rings. The standard InChI is InChI=1S/C16H17N3O2/c1-10-13-12(9-16(2,3)15(18-21)14(13)20)19(17-10)11-7-5-4-6-8-11/h4-8,21H,9H2,1-3H3. The molecular weight excluding hydrogens is 266 g/mol. The van der Waals surface area contributed by atoms with Crippen LogP contribution in [0.1, 0.15) is 35.6 Å². The van der Waals surface area contributed by atoms with Crippen LogP contribution in [0.5, 0.6) is 0 Å². The molecule has 1 heterocycles. The number of aryl methyl sites for hydroxylation is 1. The van der Waals surface area contributed by atoms with Gasteiger partial charge in [-0.05, 0) is 19.1 Å². The SMILES string of the molecule is Cc1nn(-c2ccccc2)c2c1C(=O)C(=NO)C(C)(C)C2. The lowest BCUT2D eigenvalue weighted by Crippen LogP contribution is -2.39. The number of hydrogen-bond acceptors (Lipinski definition) is 4. The van der Waals surface area contributed by atoms with Crippen LogP contribution in [0.25, 0.3) is 5.69 Å². The van der Waals surface area contributed by atoms with Crippen LogP contribution in [0.3, 0.4) is 0 Å². The van der Waals surface area contributed by atoms with Crippen LogP contribution >= 0.6 is 0 Å². The third-order valence-electron chi connectivity index (χ3n) is 3.95. The molecule has 1 aromatic carbocycles. The third-order valence-corrected chi connectivity index (χ3v) is 3.95. The first-order valence-electron chi connectivity index (χ1n) is 6.87. The van der Waals surface area contributed by atoms with E-state index in [2.05, 4.69) is 10.3 Å². The van der Waals surface area contributed by atoms with Gasteiger partial charge in [0.2, 0.25) is 5.78 Å². The van der Waals surface area contributed by atoms with Crippen molar-refractivity contribution in [2.75, 3.05) is 0 Å². The van der Waals surface area contributed by atoms with E-state index >= 15 is 0 Å². The molecular formula is C16H17N3O2. The molecule has 1 aliphatic carbocycles. The molecule has 5 nitrogen and oxygen atoms in total. The van der Waals surface area contributed by atoms with Gasteiger partial charge in [-0.15, -0.1) is 0 Å². The third kappa shape index (κ3) is 1.96. The summed E-state index contributed by atoms with van der Waals surface area (Å²) in [5.41, 5.74) is 2.71. The summed E-state index contributed by atoms with van der Waals surface area (Å²) in [7, 11) is 0. The smallest absolute Gasteiger partial charge is 0.214 e. The quantitative estimate of drug-likeness (QED) is 0.646. The predicted molar refractivity (Wildman–Crippen MR) is 79.3 cm³/mol. The Morgan fingerprint density at radius 1 is 1.29 bits per heavy atom. The second kappa shape index (κ2) is 4.55. The monoisotopic (exact) mass is 283 g/mol. The molecule has 21 heavy (non-hydrogen) atoms. The van der Waals surface area contributed by atoms with Gasteiger partial charge in [-0.1, -0.05) is 37.2 Å². The van der Waals surface area contributed by atoms with Crippen molar-refractivity contribution in [2.24, 2.45) is 10.6 Å². The molecule has 0 atom stereocenters. The minimum absolute atomic E-state index is 0.200. The van der Waals surface area contributed by atoms with Gasteiger partial charge in [0.15, 0.2) is 0 Å². The number of carbonyl (C=O) groups is 1. The highest BCUT2D eigenvalue weighted by Crippen LogP contribution is 2.35. The number of Topliss-reactive ketones (excluding diaryl/α,β-unsaturated/α-hetero) is 1.